The van der Waals surface area contributed by atoms with Gasteiger partial charge in [0.2, 0.25) is 17.7 Å². The average Bonchev–Trinajstić information content (AvgIpc) is 4.00. The van der Waals surface area contributed by atoms with Crippen molar-refractivity contribution in [3.05, 3.63) is 76.5 Å². The predicted octanol–water partition coefficient (Wildman–Crippen LogP) is 5.71. The van der Waals surface area contributed by atoms with Gasteiger partial charge in [0.1, 0.15) is 24.7 Å². The van der Waals surface area contributed by atoms with Crippen LogP contribution in [0.4, 0.5) is 24.7 Å². The number of nitrogens with zero attached hydrogens (tertiary/aromatic N) is 5. The number of ether oxygens (including phenoxy) is 2. The van der Waals surface area contributed by atoms with E-state index in [0.29, 0.717) is 55.4 Å². The van der Waals surface area contributed by atoms with Crippen molar-refractivity contribution in [3.8, 4) is 11.5 Å². The smallest absolute Gasteiger partial charge is 0.420 e. The van der Waals surface area contributed by atoms with E-state index in [9.17, 15) is 37.1 Å². The summed E-state index contributed by atoms with van der Waals surface area (Å²) in [5.41, 5.74) is 7.69. The number of alkyl halides is 3. The largest absolute Gasteiger partial charge is 0.444 e. The number of carbonyl (C=O) groups excluding carboxylic acids is 4. The monoisotopic (exact) mass is 879 g/mol. The van der Waals surface area contributed by atoms with E-state index in [1.165, 1.54) is 22.9 Å². The molecule has 7 rings (SSSR count). The average molecular weight is 880 g/mol. The zero-order valence-electron chi connectivity index (χ0n) is 34.3. The summed E-state index contributed by atoms with van der Waals surface area (Å²) in [5, 5.41) is 11.5. The number of primary amides is 1. The number of aryl methyl sites for hydroxylation is 1. The summed E-state index contributed by atoms with van der Waals surface area (Å²) in [6.45, 7) is 0.888. The first-order valence-corrected chi connectivity index (χ1v) is 20.9. The molecule has 2 fully saturated rings. The molecule has 5 aromatic rings. The zero-order chi connectivity index (χ0) is 44.5. The fourth-order valence-corrected chi connectivity index (χ4v) is 7.90. The molecule has 0 bridgehead atoms. The van der Waals surface area contributed by atoms with Crippen molar-refractivity contribution in [2.75, 3.05) is 43.6 Å². The molecule has 1 saturated carbocycles. The second-order valence-electron chi connectivity index (χ2n) is 15.6. The number of piperidine rings is 1. The summed E-state index contributed by atoms with van der Waals surface area (Å²) in [6.07, 6.45) is 8.09. The molecule has 5 heterocycles. The summed E-state index contributed by atoms with van der Waals surface area (Å²) < 4.78 is 63.2. The highest BCUT2D eigenvalue weighted by atomic mass is 19.4. The Bertz CT molecular complexity index is 2470. The number of aromatic nitrogens is 5. The highest BCUT2D eigenvalue weighted by Gasteiger charge is 2.32. The molecule has 1 saturated heterocycles. The Kier molecular flexibility index (Phi) is 14.4. The van der Waals surface area contributed by atoms with Gasteiger partial charge in [-0.3, -0.25) is 33.7 Å². The van der Waals surface area contributed by atoms with Crippen molar-refractivity contribution in [2.45, 2.75) is 88.9 Å². The molecule has 4 amide bonds. The number of nitrogens with one attached hydrogen (secondary N) is 3. The Balaban J connectivity index is 0.762. The maximum atomic E-state index is 13.1. The minimum absolute atomic E-state index is 0.0161. The Morgan fingerprint density at radius 2 is 1.75 bits per heavy atom. The standard InChI is InChI=1S/C42H48F3N9O9/c43-42(44,45)24-48-34-21-27(14-15-47-34)40-50-30(23-62-40)38(57)49-29-22-53(52-36(29)37(46)56)28-9-6-25(7-10-28)4-1-2-16-60-18-19-61-17-3-5-26-8-11-31-33(20-26)63-41(59)54(31)32-12-13-35(55)51-39(32)58/h8,11,14-15,20-23,25,28,32H,1-7,9-10,12-13,16-19,24H2,(H2,46,56)(H,47,48)(H,49,57)(H,51,55,58). The van der Waals surface area contributed by atoms with Crippen LogP contribution in [0.1, 0.15) is 103 Å². The van der Waals surface area contributed by atoms with Crippen LogP contribution in [0.5, 0.6) is 0 Å². The first-order valence-electron chi connectivity index (χ1n) is 20.9. The molecule has 18 nitrogen and oxygen atoms in total. The fraction of sp³-hybridized carbons (Fsp3) is 0.476. The minimum Gasteiger partial charge on any atom is -0.444 e. The molecule has 0 spiro atoms. The summed E-state index contributed by atoms with van der Waals surface area (Å²) in [7, 11) is 0. The van der Waals surface area contributed by atoms with E-state index in [4.69, 9.17) is 24.0 Å². The molecular formula is C42H48F3N9O9. The molecule has 0 radical (unpaired) electrons. The van der Waals surface area contributed by atoms with Crippen LogP contribution in [0, 0.1) is 5.92 Å². The van der Waals surface area contributed by atoms with Crippen LogP contribution in [0.15, 0.2) is 62.6 Å². The molecular weight excluding hydrogens is 832 g/mol. The number of hydrogen-bond donors (Lipinski definition) is 4. The number of fused-ring (bicyclic) bond motifs is 1. The molecule has 1 unspecified atom stereocenters. The van der Waals surface area contributed by atoms with Crippen molar-refractivity contribution in [3.63, 3.8) is 0 Å². The van der Waals surface area contributed by atoms with Gasteiger partial charge in [-0.2, -0.15) is 18.3 Å². The number of rotatable bonds is 20. The third-order valence-electron chi connectivity index (χ3n) is 11.1. The minimum atomic E-state index is -4.43. The van der Waals surface area contributed by atoms with Crippen molar-refractivity contribution in [1.29, 1.82) is 0 Å². The maximum absolute atomic E-state index is 13.1. The van der Waals surface area contributed by atoms with Crippen LogP contribution >= 0.6 is 0 Å². The number of carbonyl (C=O) groups is 4. The Morgan fingerprint density at radius 1 is 0.968 bits per heavy atom. The van der Waals surface area contributed by atoms with Crippen LogP contribution in [0.3, 0.4) is 0 Å². The van der Waals surface area contributed by atoms with Gasteiger partial charge in [-0.25, -0.2) is 14.8 Å². The molecule has 336 valence electrons. The van der Waals surface area contributed by atoms with Gasteiger partial charge < -0.3 is 34.7 Å². The van der Waals surface area contributed by atoms with Gasteiger partial charge in [0.05, 0.1) is 30.5 Å². The topological polar surface area (TPSA) is 241 Å². The highest BCUT2D eigenvalue weighted by Crippen LogP contribution is 2.35. The Labute approximate surface area is 358 Å². The van der Waals surface area contributed by atoms with E-state index in [-0.39, 0.29) is 53.6 Å². The molecule has 1 aromatic carbocycles. The lowest BCUT2D eigenvalue weighted by molar-refractivity contribution is -0.135. The SMILES string of the molecule is NC(=O)c1nn(C2CCC(CCCCOCCOCCCc3ccc4c(c3)oc(=O)n4C3CCC(=O)NC3=O)CC2)cc1NC(=O)c1coc(-c2ccnc(NCC(F)(F)F)c2)n1. The number of halogens is 3. The number of pyridine rings is 1. The molecule has 2 aliphatic rings. The molecule has 21 heteroatoms. The van der Waals surface area contributed by atoms with Gasteiger partial charge >= 0.3 is 11.9 Å². The number of imide groups is 1. The Morgan fingerprint density at radius 3 is 2.49 bits per heavy atom. The van der Waals surface area contributed by atoms with Crippen LogP contribution in [0.2, 0.25) is 0 Å². The van der Waals surface area contributed by atoms with E-state index >= 15 is 0 Å². The lowest BCUT2D eigenvalue weighted by atomic mass is 9.83. The van der Waals surface area contributed by atoms with E-state index < -0.39 is 42.2 Å². The van der Waals surface area contributed by atoms with Gasteiger partial charge in [-0.1, -0.05) is 18.9 Å². The first-order chi connectivity index (χ1) is 30.3. The van der Waals surface area contributed by atoms with Gasteiger partial charge in [0.15, 0.2) is 17.0 Å². The number of anilines is 2. The third kappa shape index (κ3) is 11.8. The lowest BCUT2D eigenvalue weighted by Gasteiger charge is -2.28. The van der Waals surface area contributed by atoms with Crippen LogP contribution < -0.4 is 27.4 Å². The van der Waals surface area contributed by atoms with E-state index in [1.54, 1.807) is 23.0 Å². The van der Waals surface area contributed by atoms with E-state index in [0.717, 1.165) is 63.2 Å². The van der Waals surface area contributed by atoms with Crippen molar-refractivity contribution < 1.29 is 50.7 Å². The van der Waals surface area contributed by atoms with Crippen molar-refractivity contribution in [1.82, 2.24) is 29.6 Å². The summed E-state index contributed by atoms with van der Waals surface area (Å²) >= 11 is 0. The first kappa shape index (κ1) is 44.7. The molecule has 4 aromatic heterocycles. The third-order valence-corrected chi connectivity index (χ3v) is 11.1. The quantitative estimate of drug-likeness (QED) is 0.0542. The van der Waals surface area contributed by atoms with E-state index in [1.807, 2.05) is 6.07 Å². The number of benzene rings is 1. The Hall–Kier alpha value is -6.35. The second-order valence-corrected chi connectivity index (χ2v) is 15.6. The molecule has 63 heavy (non-hydrogen) atoms. The van der Waals surface area contributed by atoms with Gasteiger partial charge in [-0.15, -0.1) is 0 Å². The fourth-order valence-electron chi connectivity index (χ4n) is 7.90. The summed E-state index contributed by atoms with van der Waals surface area (Å²) in [6, 6.07) is 7.48. The van der Waals surface area contributed by atoms with Crippen LogP contribution in [-0.4, -0.2) is 87.1 Å². The lowest BCUT2D eigenvalue weighted by Crippen LogP contribution is -2.43. The second kappa shape index (κ2) is 20.2. The van der Waals surface area contributed by atoms with Crippen molar-refractivity contribution in [2.24, 2.45) is 11.7 Å². The van der Waals surface area contributed by atoms with Gasteiger partial charge in [0, 0.05) is 37.6 Å². The zero-order valence-corrected chi connectivity index (χ0v) is 34.3. The molecule has 1 aliphatic carbocycles. The number of nitrogens with two attached hydrogens (primary N) is 1. The maximum Gasteiger partial charge on any atom is 0.420 e. The van der Waals surface area contributed by atoms with Gasteiger partial charge in [0.25, 0.3) is 11.8 Å². The van der Waals surface area contributed by atoms with Gasteiger partial charge in [-0.05, 0) is 87.1 Å². The molecule has 1 atom stereocenters. The summed E-state index contributed by atoms with van der Waals surface area (Å²) in [5.74, 6) is -2.50. The summed E-state index contributed by atoms with van der Waals surface area (Å²) in [4.78, 5) is 69.8. The normalized spacial score (nSPS) is 18.1. The van der Waals surface area contributed by atoms with Crippen LogP contribution in [0.25, 0.3) is 22.6 Å². The molecule has 5 N–H and O–H groups in total. The number of amides is 4. The van der Waals surface area contributed by atoms with Crippen molar-refractivity contribution >= 4 is 46.2 Å². The van der Waals surface area contributed by atoms with E-state index in [2.05, 4.69) is 31.0 Å². The number of unbranched alkanes of at least 4 members (excludes halogenated alkanes) is 1. The molecule has 1 aliphatic heterocycles. The number of hydrogen-bond acceptors (Lipinski definition) is 13. The predicted molar refractivity (Wildman–Crippen MR) is 220 cm³/mol. The van der Waals surface area contributed by atoms with Crippen LogP contribution in [-0.2, 0) is 25.5 Å². The highest BCUT2D eigenvalue weighted by molar-refractivity contribution is 6.07. The number of oxazole rings is 2.